The van der Waals surface area contributed by atoms with Crippen LogP contribution in [0.1, 0.15) is 48.5 Å². The van der Waals surface area contributed by atoms with E-state index in [1.54, 1.807) is 18.2 Å². The first-order valence-electron chi connectivity index (χ1n) is 11.8. The molecule has 0 bridgehead atoms. The SMILES string of the molecule is Cc1c(C#N)c(NC(=O)CSc2nnc(-c3ccccc3F)n2C2CC2)n(CC2CCCO2)c1C. The van der Waals surface area contributed by atoms with Crippen molar-refractivity contribution in [2.75, 3.05) is 17.7 Å². The lowest BCUT2D eigenvalue weighted by Gasteiger charge is -2.17. The number of anilines is 1. The van der Waals surface area contributed by atoms with Gasteiger partial charge in [-0.1, -0.05) is 23.9 Å². The summed E-state index contributed by atoms with van der Waals surface area (Å²) in [6.07, 6.45) is 4.00. The first-order chi connectivity index (χ1) is 17.0. The molecule has 1 saturated heterocycles. The minimum atomic E-state index is -0.349. The molecule has 1 N–H and O–H groups in total. The van der Waals surface area contributed by atoms with Crippen LogP contribution in [0.3, 0.4) is 0 Å². The van der Waals surface area contributed by atoms with Gasteiger partial charge in [0, 0.05) is 18.3 Å². The molecule has 3 heterocycles. The number of carbonyl (C=O) groups is 1. The number of hydrogen-bond donors (Lipinski definition) is 1. The van der Waals surface area contributed by atoms with E-state index < -0.39 is 0 Å². The van der Waals surface area contributed by atoms with E-state index in [2.05, 4.69) is 21.6 Å². The lowest BCUT2D eigenvalue weighted by atomic mass is 10.2. The highest BCUT2D eigenvalue weighted by atomic mass is 32.2. The first-order valence-corrected chi connectivity index (χ1v) is 12.8. The van der Waals surface area contributed by atoms with Crippen LogP contribution in [0.15, 0.2) is 29.4 Å². The van der Waals surface area contributed by atoms with Crippen LogP contribution in [0.5, 0.6) is 0 Å². The number of amides is 1. The maximum absolute atomic E-state index is 14.4. The zero-order chi connectivity index (χ0) is 24.5. The van der Waals surface area contributed by atoms with Crippen LogP contribution >= 0.6 is 11.8 Å². The van der Waals surface area contributed by atoms with Gasteiger partial charge in [0.1, 0.15) is 17.7 Å². The van der Waals surface area contributed by atoms with Gasteiger partial charge in [-0.15, -0.1) is 10.2 Å². The maximum Gasteiger partial charge on any atom is 0.235 e. The molecule has 1 unspecified atom stereocenters. The van der Waals surface area contributed by atoms with Crippen molar-refractivity contribution >= 4 is 23.5 Å². The number of hydrogen-bond acceptors (Lipinski definition) is 6. The fourth-order valence-corrected chi connectivity index (χ4v) is 5.32. The smallest absolute Gasteiger partial charge is 0.235 e. The fraction of sp³-hybridized carbons (Fsp3) is 0.440. The molecule has 0 spiro atoms. The second-order valence-corrected chi connectivity index (χ2v) is 9.96. The van der Waals surface area contributed by atoms with Gasteiger partial charge in [0.25, 0.3) is 0 Å². The molecule has 5 rings (SSSR count). The summed E-state index contributed by atoms with van der Waals surface area (Å²) >= 11 is 1.27. The average molecular weight is 495 g/mol. The predicted octanol–water partition coefficient (Wildman–Crippen LogP) is 4.62. The Morgan fingerprint density at radius 3 is 2.77 bits per heavy atom. The number of thioether (sulfide) groups is 1. The Hall–Kier alpha value is -3.16. The average Bonchev–Trinajstić information content (AvgIpc) is 3.30. The van der Waals surface area contributed by atoms with Gasteiger partial charge in [-0.25, -0.2) is 4.39 Å². The van der Waals surface area contributed by atoms with Gasteiger partial charge in [0.15, 0.2) is 11.0 Å². The Bertz CT molecular complexity index is 1300. The molecule has 1 saturated carbocycles. The minimum Gasteiger partial charge on any atom is -0.376 e. The number of nitrogens with one attached hydrogen (secondary N) is 1. The molecule has 182 valence electrons. The zero-order valence-electron chi connectivity index (χ0n) is 19.8. The first kappa shape index (κ1) is 23.6. The molecule has 2 aliphatic rings. The molecule has 35 heavy (non-hydrogen) atoms. The van der Waals surface area contributed by atoms with Gasteiger partial charge in [0.2, 0.25) is 5.91 Å². The predicted molar refractivity (Wildman–Crippen MR) is 131 cm³/mol. The van der Waals surface area contributed by atoms with Crippen molar-refractivity contribution in [3.8, 4) is 17.5 Å². The van der Waals surface area contributed by atoms with Gasteiger partial charge in [0.05, 0.1) is 29.5 Å². The summed E-state index contributed by atoms with van der Waals surface area (Å²) in [4.78, 5) is 13.0. The highest BCUT2D eigenvalue weighted by Gasteiger charge is 2.31. The number of nitrogens with zero attached hydrogens (tertiary/aromatic N) is 5. The van der Waals surface area contributed by atoms with Crippen molar-refractivity contribution in [1.29, 1.82) is 5.26 Å². The van der Waals surface area contributed by atoms with E-state index in [0.717, 1.165) is 43.5 Å². The van der Waals surface area contributed by atoms with Crippen LogP contribution in [-0.2, 0) is 16.1 Å². The second kappa shape index (κ2) is 9.84. The molecule has 10 heteroatoms. The second-order valence-electron chi connectivity index (χ2n) is 9.02. The molecule has 1 amide bonds. The normalized spacial score (nSPS) is 17.5. The van der Waals surface area contributed by atoms with Crippen molar-refractivity contribution in [2.45, 2.75) is 63.4 Å². The number of nitriles is 1. The van der Waals surface area contributed by atoms with Gasteiger partial charge in [-0.2, -0.15) is 5.26 Å². The van der Waals surface area contributed by atoms with Crippen molar-refractivity contribution in [2.24, 2.45) is 0 Å². The molecule has 1 aliphatic carbocycles. The molecule has 0 radical (unpaired) electrons. The van der Waals surface area contributed by atoms with Crippen molar-refractivity contribution in [1.82, 2.24) is 19.3 Å². The lowest BCUT2D eigenvalue weighted by molar-refractivity contribution is -0.113. The van der Waals surface area contributed by atoms with E-state index in [4.69, 9.17) is 4.74 Å². The fourth-order valence-electron chi connectivity index (χ4n) is 4.51. The van der Waals surface area contributed by atoms with E-state index in [0.29, 0.717) is 34.5 Å². The van der Waals surface area contributed by atoms with Crippen molar-refractivity contribution in [3.05, 3.63) is 46.9 Å². The molecule has 1 aromatic carbocycles. The van der Waals surface area contributed by atoms with Gasteiger partial charge in [-0.05, 0) is 57.2 Å². The van der Waals surface area contributed by atoms with E-state index in [1.807, 2.05) is 23.0 Å². The van der Waals surface area contributed by atoms with E-state index in [1.165, 1.54) is 17.8 Å². The minimum absolute atomic E-state index is 0.0750. The van der Waals surface area contributed by atoms with Gasteiger partial charge < -0.3 is 14.6 Å². The van der Waals surface area contributed by atoms with Crippen LogP contribution in [-0.4, -0.2) is 43.7 Å². The number of ether oxygens (including phenoxy) is 1. The quantitative estimate of drug-likeness (QED) is 0.459. The summed E-state index contributed by atoms with van der Waals surface area (Å²) < 4.78 is 24.1. The molecular weight excluding hydrogens is 467 g/mol. The molecular formula is C25H27FN6O2S. The van der Waals surface area contributed by atoms with Crippen LogP contribution in [0.2, 0.25) is 0 Å². The summed E-state index contributed by atoms with van der Waals surface area (Å²) in [5, 5.41) is 21.8. The van der Waals surface area contributed by atoms with Crippen molar-refractivity contribution in [3.63, 3.8) is 0 Å². The number of halogens is 1. The number of carbonyl (C=O) groups excluding carboxylic acids is 1. The third-order valence-electron chi connectivity index (χ3n) is 6.63. The van der Waals surface area contributed by atoms with E-state index in [9.17, 15) is 14.4 Å². The zero-order valence-corrected chi connectivity index (χ0v) is 20.6. The highest BCUT2D eigenvalue weighted by molar-refractivity contribution is 7.99. The summed E-state index contributed by atoms with van der Waals surface area (Å²) in [6.45, 7) is 5.19. The molecule has 2 fully saturated rings. The van der Waals surface area contributed by atoms with Crippen LogP contribution in [0.4, 0.5) is 10.2 Å². The van der Waals surface area contributed by atoms with E-state index >= 15 is 0 Å². The summed E-state index contributed by atoms with van der Waals surface area (Å²) in [5.41, 5.74) is 2.68. The summed E-state index contributed by atoms with van der Waals surface area (Å²) in [6, 6.07) is 8.97. The van der Waals surface area contributed by atoms with Crippen molar-refractivity contribution < 1.29 is 13.9 Å². The Balaban J connectivity index is 1.34. The molecule has 1 aliphatic heterocycles. The molecule has 8 nitrogen and oxygen atoms in total. The molecule has 1 atom stereocenters. The number of benzene rings is 1. The Labute approximate surface area is 207 Å². The molecule has 2 aromatic heterocycles. The monoisotopic (exact) mass is 494 g/mol. The highest BCUT2D eigenvalue weighted by Crippen LogP contribution is 2.41. The van der Waals surface area contributed by atoms with Crippen LogP contribution < -0.4 is 5.32 Å². The topological polar surface area (TPSA) is 97.8 Å². The number of rotatable bonds is 8. The Morgan fingerprint density at radius 1 is 1.29 bits per heavy atom. The van der Waals surface area contributed by atoms with Gasteiger partial charge in [-0.3, -0.25) is 9.36 Å². The Morgan fingerprint density at radius 2 is 2.09 bits per heavy atom. The number of aromatic nitrogens is 4. The van der Waals surface area contributed by atoms with E-state index in [-0.39, 0.29) is 29.6 Å². The van der Waals surface area contributed by atoms with Crippen LogP contribution in [0, 0.1) is 31.0 Å². The third-order valence-corrected chi connectivity index (χ3v) is 7.58. The lowest BCUT2D eigenvalue weighted by Crippen LogP contribution is -2.22. The Kier molecular flexibility index (Phi) is 6.62. The molecule has 3 aromatic rings. The summed E-state index contributed by atoms with van der Waals surface area (Å²) in [7, 11) is 0. The summed E-state index contributed by atoms with van der Waals surface area (Å²) in [5.74, 6) is 0.500. The van der Waals surface area contributed by atoms with Crippen LogP contribution in [0.25, 0.3) is 11.4 Å². The maximum atomic E-state index is 14.4. The van der Waals surface area contributed by atoms with Gasteiger partial charge >= 0.3 is 0 Å². The standard InChI is InChI=1S/C25H27FN6O2S/c1-15-16(2)31(13-18-6-5-11-34-18)23(20(15)12-27)28-22(33)14-35-25-30-29-24(32(25)17-9-10-17)19-7-3-4-8-21(19)26/h3-4,7-8,17-18H,5-6,9-11,13-14H2,1-2H3,(H,28,33). The largest absolute Gasteiger partial charge is 0.376 e. The third kappa shape index (κ3) is 4.70.